The summed E-state index contributed by atoms with van der Waals surface area (Å²) < 4.78 is 5.61. The molecule has 0 heterocycles. The fraction of sp³-hybridized carbons (Fsp3) is 0.368. The largest absolute Gasteiger partial charge is 0.494 e. The van der Waals surface area contributed by atoms with Crippen molar-refractivity contribution in [2.24, 2.45) is 0 Å². The average molecular weight is 284 g/mol. The Balaban J connectivity index is 2.30. The van der Waals surface area contributed by atoms with Crippen molar-refractivity contribution in [2.45, 2.75) is 38.7 Å². The molecule has 0 aliphatic heterocycles. The van der Waals surface area contributed by atoms with E-state index in [1.54, 1.807) is 0 Å². The van der Waals surface area contributed by atoms with Crippen LogP contribution in [0.5, 0.6) is 5.75 Å². The summed E-state index contributed by atoms with van der Waals surface area (Å²) in [6.07, 6.45) is 2.61. The zero-order valence-corrected chi connectivity index (χ0v) is 12.9. The van der Waals surface area contributed by atoms with E-state index < -0.39 is 5.60 Å². The van der Waals surface area contributed by atoms with E-state index in [0.717, 1.165) is 36.3 Å². The second-order valence-electron chi connectivity index (χ2n) is 5.35. The minimum absolute atomic E-state index is 0.701. The lowest BCUT2D eigenvalue weighted by Gasteiger charge is -2.29. The summed E-state index contributed by atoms with van der Waals surface area (Å²) in [5.41, 5.74) is 0.924. The van der Waals surface area contributed by atoms with Crippen LogP contribution in [0.1, 0.15) is 44.2 Å². The van der Waals surface area contributed by atoms with Gasteiger partial charge in [-0.15, -0.1) is 0 Å². The van der Waals surface area contributed by atoms with E-state index >= 15 is 0 Å². The van der Waals surface area contributed by atoms with Gasteiger partial charge < -0.3 is 9.84 Å². The Bertz CT molecular complexity index is 533. The Kier molecular flexibility index (Phi) is 5.40. The molecule has 2 aromatic rings. The van der Waals surface area contributed by atoms with Gasteiger partial charge in [0.25, 0.3) is 0 Å². The first-order chi connectivity index (χ1) is 10.2. The highest BCUT2D eigenvalue weighted by Gasteiger charge is 2.30. The Morgan fingerprint density at radius 1 is 0.857 bits per heavy atom. The Hall–Kier alpha value is -1.80. The van der Waals surface area contributed by atoms with Crippen LogP contribution in [0, 0.1) is 0 Å². The highest BCUT2D eigenvalue weighted by atomic mass is 16.5. The van der Waals surface area contributed by atoms with Gasteiger partial charge in [-0.3, -0.25) is 0 Å². The SMILES string of the molecule is CCCOc1ccc(C(O)(CCC)c2ccccc2)cc1. The molecule has 0 aliphatic rings. The Morgan fingerprint density at radius 2 is 1.48 bits per heavy atom. The molecular weight excluding hydrogens is 260 g/mol. The summed E-state index contributed by atoms with van der Waals surface area (Å²) in [6, 6.07) is 17.7. The van der Waals surface area contributed by atoms with Gasteiger partial charge in [0.1, 0.15) is 11.4 Å². The standard InChI is InChI=1S/C19H24O2/c1-3-14-19(20,16-8-6-5-7-9-16)17-10-12-18(13-11-17)21-15-4-2/h5-13,20H,3-4,14-15H2,1-2H3. The fourth-order valence-corrected chi connectivity index (χ4v) is 2.58. The molecule has 2 aromatic carbocycles. The van der Waals surface area contributed by atoms with Crippen LogP contribution < -0.4 is 4.74 Å². The smallest absolute Gasteiger partial charge is 0.119 e. The van der Waals surface area contributed by atoms with E-state index in [0.29, 0.717) is 6.42 Å². The van der Waals surface area contributed by atoms with E-state index in [4.69, 9.17) is 4.74 Å². The molecule has 112 valence electrons. The van der Waals surface area contributed by atoms with Crippen LogP contribution in [0.3, 0.4) is 0 Å². The summed E-state index contributed by atoms with van der Waals surface area (Å²) >= 11 is 0. The van der Waals surface area contributed by atoms with Crippen molar-refractivity contribution in [1.82, 2.24) is 0 Å². The van der Waals surface area contributed by atoms with Crippen LogP contribution in [0.4, 0.5) is 0 Å². The fourth-order valence-electron chi connectivity index (χ4n) is 2.58. The first-order valence-electron chi connectivity index (χ1n) is 7.72. The highest BCUT2D eigenvalue weighted by Crippen LogP contribution is 2.34. The van der Waals surface area contributed by atoms with Crippen LogP contribution in [-0.2, 0) is 5.60 Å². The summed E-state index contributed by atoms with van der Waals surface area (Å²) in [6.45, 7) is 4.90. The van der Waals surface area contributed by atoms with E-state index in [1.165, 1.54) is 0 Å². The Morgan fingerprint density at radius 3 is 2.05 bits per heavy atom. The molecule has 0 fully saturated rings. The normalized spacial score (nSPS) is 13.7. The van der Waals surface area contributed by atoms with Gasteiger partial charge >= 0.3 is 0 Å². The minimum Gasteiger partial charge on any atom is -0.494 e. The number of hydrogen-bond donors (Lipinski definition) is 1. The maximum atomic E-state index is 11.2. The molecule has 0 spiro atoms. The van der Waals surface area contributed by atoms with Crippen molar-refractivity contribution in [3.63, 3.8) is 0 Å². The quantitative estimate of drug-likeness (QED) is 0.810. The van der Waals surface area contributed by atoms with Crippen molar-refractivity contribution in [3.8, 4) is 5.75 Å². The molecule has 0 amide bonds. The molecule has 0 aliphatic carbocycles. The zero-order chi connectivity index (χ0) is 15.1. The molecule has 1 atom stereocenters. The summed E-state index contributed by atoms with van der Waals surface area (Å²) in [5.74, 6) is 0.854. The van der Waals surface area contributed by atoms with Gasteiger partial charge in [-0.1, -0.05) is 62.7 Å². The summed E-state index contributed by atoms with van der Waals surface area (Å²) in [5, 5.41) is 11.2. The lowest BCUT2D eigenvalue weighted by atomic mass is 9.83. The maximum Gasteiger partial charge on any atom is 0.119 e. The summed E-state index contributed by atoms with van der Waals surface area (Å²) in [4.78, 5) is 0. The highest BCUT2D eigenvalue weighted by molar-refractivity contribution is 5.38. The second-order valence-corrected chi connectivity index (χ2v) is 5.35. The van der Waals surface area contributed by atoms with Gasteiger partial charge in [0.2, 0.25) is 0 Å². The molecule has 0 radical (unpaired) electrons. The third kappa shape index (κ3) is 3.64. The number of aliphatic hydroxyl groups is 1. The van der Waals surface area contributed by atoms with Gasteiger partial charge in [-0.2, -0.15) is 0 Å². The van der Waals surface area contributed by atoms with Crippen LogP contribution in [0.2, 0.25) is 0 Å². The van der Waals surface area contributed by atoms with Crippen LogP contribution in [0.25, 0.3) is 0 Å². The minimum atomic E-state index is -0.931. The topological polar surface area (TPSA) is 29.5 Å². The molecule has 21 heavy (non-hydrogen) atoms. The predicted octanol–water partition coefficient (Wildman–Crippen LogP) is 4.51. The Labute approximate surface area is 127 Å². The summed E-state index contributed by atoms with van der Waals surface area (Å²) in [7, 11) is 0. The molecule has 1 N–H and O–H groups in total. The third-order valence-corrected chi connectivity index (χ3v) is 3.67. The average Bonchev–Trinajstić information content (AvgIpc) is 2.54. The van der Waals surface area contributed by atoms with Gasteiger partial charge in [0, 0.05) is 0 Å². The van der Waals surface area contributed by atoms with Crippen molar-refractivity contribution >= 4 is 0 Å². The van der Waals surface area contributed by atoms with Crippen LogP contribution in [-0.4, -0.2) is 11.7 Å². The van der Waals surface area contributed by atoms with Gasteiger partial charge in [-0.05, 0) is 36.1 Å². The molecular formula is C19H24O2. The van der Waals surface area contributed by atoms with Crippen molar-refractivity contribution in [3.05, 3.63) is 65.7 Å². The van der Waals surface area contributed by atoms with E-state index in [2.05, 4.69) is 13.8 Å². The lowest BCUT2D eigenvalue weighted by molar-refractivity contribution is 0.0701. The van der Waals surface area contributed by atoms with Crippen molar-refractivity contribution < 1.29 is 9.84 Å². The molecule has 2 heteroatoms. The van der Waals surface area contributed by atoms with E-state index in [-0.39, 0.29) is 0 Å². The van der Waals surface area contributed by atoms with Crippen molar-refractivity contribution in [2.75, 3.05) is 6.61 Å². The van der Waals surface area contributed by atoms with E-state index in [1.807, 2.05) is 54.6 Å². The number of rotatable bonds is 7. The maximum absolute atomic E-state index is 11.2. The molecule has 1 unspecified atom stereocenters. The number of benzene rings is 2. The van der Waals surface area contributed by atoms with Crippen molar-refractivity contribution in [1.29, 1.82) is 0 Å². The van der Waals surface area contributed by atoms with Crippen LogP contribution in [0.15, 0.2) is 54.6 Å². The first-order valence-corrected chi connectivity index (χ1v) is 7.72. The van der Waals surface area contributed by atoms with Crippen LogP contribution >= 0.6 is 0 Å². The number of ether oxygens (including phenoxy) is 1. The second kappa shape index (κ2) is 7.28. The van der Waals surface area contributed by atoms with Gasteiger partial charge in [0.05, 0.1) is 6.61 Å². The number of hydrogen-bond acceptors (Lipinski definition) is 2. The molecule has 0 saturated heterocycles. The third-order valence-electron chi connectivity index (χ3n) is 3.67. The first kappa shape index (κ1) is 15.6. The monoisotopic (exact) mass is 284 g/mol. The molecule has 2 rings (SSSR count). The van der Waals surface area contributed by atoms with Gasteiger partial charge in [-0.25, -0.2) is 0 Å². The van der Waals surface area contributed by atoms with E-state index in [9.17, 15) is 5.11 Å². The van der Waals surface area contributed by atoms with Gasteiger partial charge in [0.15, 0.2) is 0 Å². The molecule has 0 saturated carbocycles. The molecule has 0 aromatic heterocycles. The zero-order valence-electron chi connectivity index (χ0n) is 12.9. The molecule has 0 bridgehead atoms. The predicted molar refractivity (Wildman–Crippen MR) is 86.6 cm³/mol. The lowest BCUT2D eigenvalue weighted by Crippen LogP contribution is -2.27. The molecule has 2 nitrogen and oxygen atoms in total.